The smallest absolute Gasteiger partial charge is 0.356 e. The zero-order valence-electron chi connectivity index (χ0n) is 6.36. The van der Waals surface area contributed by atoms with Crippen molar-refractivity contribution in [1.82, 2.24) is 0 Å². The zero-order chi connectivity index (χ0) is 8.69. The first-order valence-electron chi connectivity index (χ1n) is 2.96. The summed E-state index contributed by atoms with van der Waals surface area (Å²) < 4.78 is 0. The fourth-order valence-electron chi connectivity index (χ4n) is 0.534. The molecule has 0 aliphatic rings. The Morgan fingerprint density at radius 1 is 1.17 bits per heavy atom. The van der Waals surface area contributed by atoms with Crippen LogP contribution >= 0.6 is 0 Å². The molecule has 0 saturated heterocycles. The van der Waals surface area contributed by atoms with Gasteiger partial charge in [0, 0.05) is 0 Å². The molecule has 1 aromatic rings. The van der Waals surface area contributed by atoms with Gasteiger partial charge in [-0.3, -0.25) is 0 Å². The van der Waals surface area contributed by atoms with Crippen LogP contribution in [0.3, 0.4) is 0 Å². The van der Waals surface area contributed by atoms with E-state index >= 15 is 0 Å². The molecule has 0 N–H and O–H groups in total. The van der Waals surface area contributed by atoms with Crippen LogP contribution in [0.1, 0.15) is 5.56 Å². The van der Waals surface area contributed by atoms with E-state index in [9.17, 15) is 0 Å². The molecule has 0 heterocycles. The van der Waals surface area contributed by atoms with Crippen LogP contribution in [0, 0.1) is 22.2 Å². The van der Waals surface area contributed by atoms with E-state index < -0.39 is 5.09 Å². The summed E-state index contributed by atoms with van der Waals surface area (Å²) in [6.45, 7) is 2.08. The Morgan fingerprint density at radius 3 is 1.67 bits per heavy atom. The number of hydrogen-bond acceptors (Lipinski definition) is 3. The zero-order valence-corrected chi connectivity index (χ0v) is 7.84. The monoisotopic (exact) mass is 261 g/mol. The summed E-state index contributed by atoms with van der Waals surface area (Å²) in [5.41, 5.74) is 1.32. The van der Waals surface area contributed by atoms with Gasteiger partial charge in [-0.1, -0.05) is 35.9 Å². The van der Waals surface area contributed by atoms with Crippen molar-refractivity contribution in [3.05, 3.63) is 51.2 Å². The Hall–Kier alpha value is -0.840. The van der Waals surface area contributed by atoms with Gasteiger partial charge in [-0.2, -0.15) is 0 Å². The van der Waals surface area contributed by atoms with Crippen molar-refractivity contribution in [2.45, 2.75) is 6.92 Å². The van der Waals surface area contributed by atoms with Crippen molar-refractivity contribution in [3.63, 3.8) is 0 Å². The van der Waals surface area contributed by atoms with Crippen molar-refractivity contribution in [2.75, 3.05) is 0 Å². The maximum absolute atomic E-state index is 8.25. The Morgan fingerprint density at radius 2 is 1.50 bits per heavy atom. The van der Waals surface area contributed by atoms with Crippen LogP contribution in [0.25, 0.3) is 0 Å². The molecule has 0 radical (unpaired) electrons. The Bertz CT molecular complexity index is 211. The largest absolute Gasteiger partial charge is 1.00 e. The van der Waals surface area contributed by atoms with Crippen molar-refractivity contribution < 1.29 is 27.5 Å². The summed E-state index contributed by atoms with van der Waals surface area (Å²) in [5, 5.41) is 14.8. The molecule has 1 rings (SSSR count). The number of aryl methyl sites for hydroxylation is 1. The minimum absolute atomic E-state index is 0. The Labute approximate surface area is 85.8 Å². The van der Waals surface area contributed by atoms with E-state index in [4.69, 9.17) is 15.3 Å². The predicted octanol–water partition coefficient (Wildman–Crippen LogP) is 1.75. The molecule has 0 aromatic heterocycles. The maximum Gasteiger partial charge on any atom is 1.00 e. The van der Waals surface area contributed by atoms with Crippen LogP contribution in [0.2, 0.25) is 0 Å². The summed E-state index contributed by atoms with van der Waals surface area (Å²) in [6, 6.07) is 10.3. The number of hydrogen-bond donors (Lipinski definition) is 0. The van der Waals surface area contributed by atoms with Crippen LogP contribution < -0.4 is 0 Å². The topological polar surface area (TPSA) is 66.2 Å². The molecular formula is C7H8AgNO3. The van der Waals surface area contributed by atoms with Gasteiger partial charge in [0.15, 0.2) is 0 Å². The second-order valence-electron chi connectivity index (χ2n) is 1.88. The van der Waals surface area contributed by atoms with E-state index in [0.29, 0.717) is 0 Å². The third-order valence-electron chi connectivity index (χ3n) is 0.940. The fraction of sp³-hybridized carbons (Fsp3) is 0.143. The van der Waals surface area contributed by atoms with E-state index in [1.807, 2.05) is 18.2 Å². The molecule has 0 bridgehead atoms. The average Bonchev–Trinajstić information content (AvgIpc) is 1.87. The molecule has 0 unspecified atom stereocenters. The minimum Gasteiger partial charge on any atom is -0.356 e. The third kappa shape index (κ3) is 11.9. The Balaban J connectivity index is 0. The fourth-order valence-corrected chi connectivity index (χ4v) is 0.534. The van der Waals surface area contributed by atoms with Crippen LogP contribution in [-0.2, 0) is 22.4 Å². The standard InChI is InChI=1S/C7H8.Ag.NO3/c1-7-5-3-2-4-6-7;;2-1(3)4/h2-6H,1H3;;/q;+1;-1. The maximum atomic E-state index is 8.25. The van der Waals surface area contributed by atoms with Crippen molar-refractivity contribution in [3.8, 4) is 0 Å². The van der Waals surface area contributed by atoms with E-state index in [0.717, 1.165) is 0 Å². The van der Waals surface area contributed by atoms with E-state index in [1.165, 1.54) is 5.56 Å². The first-order chi connectivity index (χ1) is 5.13. The molecular weight excluding hydrogens is 254 g/mol. The summed E-state index contributed by atoms with van der Waals surface area (Å²) in [6.07, 6.45) is 0. The first-order valence-corrected chi connectivity index (χ1v) is 2.96. The van der Waals surface area contributed by atoms with Crippen molar-refractivity contribution in [1.29, 1.82) is 0 Å². The van der Waals surface area contributed by atoms with Crippen LogP contribution in [-0.4, -0.2) is 5.09 Å². The molecule has 0 fully saturated rings. The van der Waals surface area contributed by atoms with Gasteiger partial charge in [0.1, 0.15) is 0 Å². The predicted molar refractivity (Wildman–Crippen MR) is 41.5 cm³/mol. The van der Waals surface area contributed by atoms with Gasteiger partial charge in [0.25, 0.3) is 0 Å². The summed E-state index contributed by atoms with van der Waals surface area (Å²) >= 11 is 0. The molecule has 0 aliphatic heterocycles. The molecule has 4 nitrogen and oxygen atoms in total. The Kier molecular flexibility index (Phi) is 9.45. The van der Waals surface area contributed by atoms with Crippen LogP contribution in [0.5, 0.6) is 0 Å². The molecule has 0 amide bonds. The SMILES string of the molecule is Cc1ccccc1.O=[N+]([O-])[O-].[Ag+]. The summed E-state index contributed by atoms with van der Waals surface area (Å²) in [5.74, 6) is 0. The van der Waals surface area contributed by atoms with Gasteiger partial charge < -0.3 is 15.3 Å². The number of rotatable bonds is 0. The third-order valence-corrected chi connectivity index (χ3v) is 0.940. The second-order valence-corrected chi connectivity index (χ2v) is 1.88. The number of nitrogens with zero attached hydrogens (tertiary/aromatic N) is 1. The molecule has 0 aliphatic carbocycles. The van der Waals surface area contributed by atoms with E-state index in [-0.39, 0.29) is 22.4 Å². The van der Waals surface area contributed by atoms with E-state index in [1.54, 1.807) is 0 Å². The van der Waals surface area contributed by atoms with Gasteiger partial charge >= 0.3 is 22.4 Å². The molecule has 0 atom stereocenters. The number of benzene rings is 1. The molecule has 5 heteroatoms. The second kappa shape index (κ2) is 8.26. The van der Waals surface area contributed by atoms with Crippen molar-refractivity contribution >= 4 is 0 Å². The molecule has 0 spiro atoms. The normalized spacial score (nSPS) is 7.08. The van der Waals surface area contributed by atoms with Crippen LogP contribution in [0.15, 0.2) is 30.3 Å². The molecule has 12 heavy (non-hydrogen) atoms. The van der Waals surface area contributed by atoms with E-state index in [2.05, 4.69) is 19.1 Å². The first kappa shape index (κ1) is 13.7. The molecule has 0 saturated carbocycles. The average molecular weight is 262 g/mol. The molecule has 1 aromatic carbocycles. The van der Waals surface area contributed by atoms with Gasteiger partial charge in [-0.15, -0.1) is 0 Å². The van der Waals surface area contributed by atoms with Gasteiger partial charge in [0.05, 0.1) is 5.09 Å². The van der Waals surface area contributed by atoms with Gasteiger partial charge in [-0.25, -0.2) is 0 Å². The minimum atomic E-state index is -1.75. The summed E-state index contributed by atoms with van der Waals surface area (Å²) in [7, 11) is 0. The van der Waals surface area contributed by atoms with Gasteiger partial charge in [0.2, 0.25) is 0 Å². The van der Waals surface area contributed by atoms with Crippen LogP contribution in [0.4, 0.5) is 0 Å². The van der Waals surface area contributed by atoms with Crippen molar-refractivity contribution in [2.24, 2.45) is 0 Å². The van der Waals surface area contributed by atoms with Gasteiger partial charge in [-0.05, 0) is 6.92 Å². The quantitative estimate of drug-likeness (QED) is 0.406. The summed E-state index contributed by atoms with van der Waals surface area (Å²) in [4.78, 5) is 8.25. The molecule has 70 valence electrons.